The molecule has 0 spiro atoms. The van der Waals surface area contributed by atoms with Crippen LogP contribution in [0.15, 0.2) is 47.5 Å². The Kier molecular flexibility index (Phi) is 4.52. The third kappa shape index (κ3) is 3.25. The summed E-state index contributed by atoms with van der Waals surface area (Å²) in [6.07, 6.45) is 0.983. The molecule has 1 aliphatic rings. The lowest BCUT2D eigenvalue weighted by Gasteiger charge is -2.17. The summed E-state index contributed by atoms with van der Waals surface area (Å²) in [7, 11) is 0. The van der Waals surface area contributed by atoms with Crippen molar-refractivity contribution >= 4 is 23.0 Å². The van der Waals surface area contributed by atoms with Gasteiger partial charge in [0, 0.05) is 12.1 Å². The lowest BCUT2D eigenvalue weighted by molar-refractivity contribution is -0.112. The zero-order chi connectivity index (χ0) is 17.3. The molecule has 0 fully saturated rings. The number of rotatable bonds is 4. The van der Waals surface area contributed by atoms with Gasteiger partial charge in [0.15, 0.2) is 0 Å². The minimum absolute atomic E-state index is 0.0102. The van der Waals surface area contributed by atoms with E-state index in [0.29, 0.717) is 11.6 Å². The predicted molar refractivity (Wildman–Crippen MR) is 100 cm³/mol. The molecule has 2 aromatic rings. The summed E-state index contributed by atoms with van der Waals surface area (Å²) in [5.74, 6) is 0.571. The van der Waals surface area contributed by atoms with Gasteiger partial charge in [0.25, 0.3) is 5.91 Å². The summed E-state index contributed by atoms with van der Waals surface area (Å²) in [5.41, 5.74) is 5.63. The maximum absolute atomic E-state index is 12.9. The van der Waals surface area contributed by atoms with Gasteiger partial charge in [-0.1, -0.05) is 38.1 Å². The van der Waals surface area contributed by atoms with Gasteiger partial charge in [0.2, 0.25) is 0 Å². The zero-order valence-corrected chi connectivity index (χ0v) is 14.8. The summed E-state index contributed by atoms with van der Waals surface area (Å²) in [5, 5.41) is 0. The Bertz CT molecular complexity index is 785. The number of hydrogen-bond acceptors (Lipinski definition) is 2. The molecule has 24 heavy (non-hydrogen) atoms. The van der Waals surface area contributed by atoms with Crippen molar-refractivity contribution in [2.24, 2.45) is 10.9 Å². The molecule has 0 saturated carbocycles. The average Bonchev–Trinajstić information content (AvgIpc) is 2.77. The number of nitrogens with zero attached hydrogens (tertiary/aromatic N) is 2. The van der Waals surface area contributed by atoms with E-state index < -0.39 is 0 Å². The first-order valence-electron chi connectivity index (χ1n) is 8.54. The molecule has 3 heteroatoms. The van der Waals surface area contributed by atoms with Crippen LogP contribution in [0.2, 0.25) is 0 Å². The molecule has 1 amide bonds. The number of fused-ring (bicyclic) bond motifs is 1. The van der Waals surface area contributed by atoms with Crippen LogP contribution in [-0.4, -0.2) is 18.2 Å². The third-order valence-electron chi connectivity index (χ3n) is 4.28. The first-order valence-corrected chi connectivity index (χ1v) is 8.54. The summed E-state index contributed by atoms with van der Waals surface area (Å²) in [6, 6.07) is 14.1. The van der Waals surface area contributed by atoms with Gasteiger partial charge >= 0.3 is 0 Å². The topological polar surface area (TPSA) is 32.7 Å². The number of hydrogen-bond donors (Lipinski definition) is 0. The van der Waals surface area contributed by atoms with Crippen molar-refractivity contribution < 1.29 is 4.79 Å². The van der Waals surface area contributed by atoms with Gasteiger partial charge in [0.1, 0.15) is 5.71 Å². The molecular weight excluding hydrogens is 296 g/mol. The standard InChI is InChI=1S/C21H24N2O/c1-14(2)9-10-23-19-8-6-5-7-18(19)20(21(23)24)22-17-12-15(3)11-16(4)13-17/h5-8,11-14H,9-10H2,1-4H3. The Morgan fingerprint density at radius 2 is 1.71 bits per heavy atom. The Balaban J connectivity index is 2.02. The van der Waals surface area contributed by atoms with Gasteiger partial charge in [-0.15, -0.1) is 0 Å². The number of para-hydroxylation sites is 1. The maximum atomic E-state index is 12.9. The average molecular weight is 320 g/mol. The first kappa shape index (κ1) is 16.4. The normalized spacial score (nSPS) is 15.5. The molecule has 2 aromatic carbocycles. The summed E-state index contributed by atoms with van der Waals surface area (Å²) in [6.45, 7) is 9.19. The fourth-order valence-corrected chi connectivity index (χ4v) is 3.12. The number of amides is 1. The van der Waals surface area contributed by atoms with Gasteiger partial charge < -0.3 is 4.90 Å². The quantitative estimate of drug-likeness (QED) is 0.795. The summed E-state index contributed by atoms with van der Waals surface area (Å²) < 4.78 is 0. The molecular formula is C21H24N2O. The third-order valence-corrected chi connectivity index (χ3v) is 4.28. The second-order valence-corrected chi connectivity index (χ2v) is 6.96. The Morgan fingerprint density at radius 3 is 2.38 bits per heavy atom. The van der Waals surface area contributed by atoms with Crippen LogP contribution in [0.4, 0.5) is 11.4 Å². The minimum Gasteiger partial charge on any atom is -0.306 e. The fraction of sp³-hybridized carbons (Fsp3) is 0.333. The van der Waals surface area contributed by atoms with Crippen LogP contribution in [0.1, 0.15) is 37.0 Å². The van der Waals surface area contributed by atoms with E-state index in [1.54, 1.807) is 0 Å². The number of anilines is 1. The molecule has 0 radical (unpaired) electrons. The van der Waals surface area contributed by atoms with E-state index in [0.717, 1.165) is 41.0 Å². The van der Waals surface area contributed by atoms with Crippen LogP contribution in [0.5, 0.6) is 0 Å². The molecule has 0 aliphatic carbocycles. The maximum Gasteiger partial charge on any atom is 0.277 e. The highest BCUT2D eigenvalue weighted by Crippen LogP contribution is 2.31. The van der Waals surface area contributed by atoms with Crippen molar-refractivity contribution in [1.29, 1.82) is 0 Å². The molecule has 0 saturated heterocycles. The van der Waals surface area contributed by atoms with Crippen LogP contribution < -0.4 is 4.90 Å². The molecule has 1 heterocycles. The molecule has 0 bridgehead atoms. The molecule has 0 aromatic heterocycles. The minimum atomic E-state index is 0.0102. The largest absolute Gasteiger partial charge is 0.306 e. The summed E-state index contributed by atoms with van der Waals surface area (Å²) >= 11 is 0. The first-order chi connectivity index (χ1) is 11.5. The second-order valence-electron chi connectivity index (χ2n) is 6.96. The van der Waals surface area contributed by atoms with Gasteiger partial charge in [-0.25, -0.2) is 4.99 Å². The van der Waals surface area contributed by atoms with Crippen molar-refractivity contribution in [1.82, 2.24) is 0 Å². The number of carbonyl (C=O) groups is 1. The molecule has 3 nitrogen and oxygen atoms in total. The molecule has 3 rings (SSSR count). The van der Waals surface area contributed by atoms with Crippen LogP contribution in [0.3, 0.4) is 0 Å². The lowest BCUT2D eigenvalue weighted by Crippen LogP contribution is -2.31. The number of carbonyl (C=O) groups excluding carboxylic acids is 1. The van der Waals surface area contributed by atoms with Crippen LogP contribution >= 0.6 is 0 Å². The predicted octanol–water partition coefficient (Wildman–Crippen LogP) is 4.82. The second kappa shape index (κ2) is 6.60. The van der Waals surface area contributed by atoms with E-state index in [4.69, 9.17) is 4.99 Å². The van der Waals surface area contributed by atoms with Crippen molar-refractivity contribution in [3.05, 3.63) is 59.2 Å². The zero-order valence-electron chi connectivity index (χ0n) is 14.8. The number of benzene rings is 2. The van der Waals surface area contributed by atoms with Crippen LogP contribution in [0.25, 0.3) is 0 Å². The van der Waals surface area contributed by atoms with Crippen LogP contribution in [0, 0.1) is 19.8 Å². The highest BCUT2D eigenvalue weighted by molar-refractivity contribution is 6.54. The Hall–Kier alpha value is -2.42. The van der Waals surface area contributed by atoms with E-state index in [-0.39, 0.29) is 5.91 Å². The van der Waals surface area contributed by atoms with Gasteiger partial charge in [-0.2, -0.15) is 0 Å². The van der Waals surface area contributed by atoms with E-state index in [9.17, 15) is 4.79 Å². The van der Waals surface area contributed by atoms with Gasteiger partial charge in [0.05, 0.1) is 11.4 Å². The van der Waals surface area contributed by atoms with E-state index in [1.165, 1.54) is 0 Å². The Morgan fingerprint density at radius 1 is 1.04 bits per heavy atom. The smallest absolute Gasteiger partial charge is 0.277 e. The van der Waals surface area contributed by atoms with Crippen LogP contribution in [-0.2, 0) is 4.79 Å². The van der Waals surface area contributed by atoms with Crippen molar-refractivity contribution in [3.8, 4) is 0 Å². The van der Waals surface area contributed by atoms with Crippen molar-refractivity contribution in [3.63, 3.8) is 0 Å². The molecule has 0 atom stereocenters. The SMILES string of the molecule is Cc1cc(C)cc(N=C2C(=O)N(CCC(C)C)c3ccccc32)c1. The van der Waals surface area contributed by atoms with Gasteiger partial charge in [-0.3, -0.25) is 4.79 Å². The number of aliphatic imine (C=N–C) groups is 1. The van der Waals surface area contributed by atoms with E-state index >= 15 is 0 Å². The van der Waals surface area contributed by atoms with E-state index in [2.05, 4.69) is 33.8 Å². The highest BCUT2D eigenvalue weighted by Gasteiger charge is 2.33. The fourth-order valence-electron chi connectivity index (χ4n) is 3.12. The molecule has 124 valence electrons. The molecule has 0 N–H and O–H groups in total. The van der Waals surface area contributed by atoms with Gasteiger partial charge in [-0.05, 0) is 55.5 Å². The van der Waals surface area contributed by atoms with Crippen molar-refractivity contribution in [2.45, 2.75) is 34.1 Å². The summed E-state index contributed by atoms with van der Waals surface area (Å²) in [4.78, 5) is 19.5. The highest BCUT2D eigenvalue weighted by atomic mass is 16.2. The van der Waals surface area contributed by atoms with Crippen molar-refractivity contribution in [2.75, 3.05) is 11.4 Å². The lowest BCUT2D eigenvalue weighted by atomic mass is 10.1. The van der Waals surface area contributed by atoms with E-state index in [1.807, 2.05) is 41.3 Å². The Labute approximate surface area is 144 Å². The monoisotopic (exact) mass is 320 g/mol. The molecule has 0 unspecified atom stereocenters. The number of aryl methyl sites for hydroxylation is 2. The molecule has 1 aliphatic heterocycles.